The second-order valence-corrected chi connectivity index (χ2v) is 17.7. The van der Waals surface area contributed by atoms with Gasteiger partial charge in [0.25, 0.3) is 0 Å². The molecule has 0 atom stereocenters. The van der Waals surface area contributed by atoms with Crippen molar-refractivity contribution in [3.05, 3.63) is 96.7 Å². The Morgan fingerprint density at radius 3 is 2.22 bits per heavy atom. The Labute approximate surface area is 224 Å². The molecule has 0 spiro atoms. The highest BCUT2D eigenvalue weighted by molar-refractivity contribution is 7.26. The van der Waals surface area contributed by atoms with E-state index in [0.717, 1.165) is 12.1 Å². The minimum atomic E-state index is -1.35. The summed E-state index contributed by atoms with van der Waals surface area (Å²) in [5.41, 5.74) is 6.25. The van der Waals surface area contributed by atoms with Crippen LogP contribution in [-0.4, -0.2) is 13.1 Å². The Balaban J connectivity index is 1.57. The summed E-state index contributed by atoms with van der Waals surface area (Å²) in [7, 11) is -1.35. The molecule has 0 radical (unpaired) electrons. The van der Waals surface area contributed by atoms with E-state index < -0.39 is 8.07 Å². The highest BCUT2D eigenvalue weighted by atomic mass is 32.1. The zero-order chi connectivity index (χ0) is 25.7. The molecule has 0 fully saturated rings. The van der Waals surface area contributed by atoms with Crippen LogP contribution in [0.5, 0.6) is 0 Å². The predicted octanol–water partition coefficient (Wildman–Crippen LogP) is 9.68. The molecule has 6 aromatic rings. The zero-order valence-electron chi connectivity index (χ0n) is 22.3. The summed E-state index contributed by atoms with van der Waals surface area (Å²) in [6.45, 7) is 11.8. The molecule has 0 saturated heterocycles. The molecule has 0 bridgehead atoms. The van der Waals surface area contributed by atoms with Crippen LogP contribution in [0.2, 0.25) is 19.6 Å². The molecule has 0 aliphatic rings. The lowest BCUT2D eigenvalue weighted by atomic mass is 9.94. The molecule has 2 heterocycles. The summed E-state index contributed by atoms with van der Waals surface area (Å²) in [5, 5.41) is 6.69. The average Bonchev–Trinajstić information content (AvgIpc) is 3.27. The van der Waals surface area contributed by atoms with Crippen molar-refractivity contribution in [3.8, 4) is 22.4 Å². The molecule has 2 aromatic heterocycles. The monoisotopic (exact) mass is 515 g/mol. The summed E-state index contributed by atoms with van der Waals surface area (Å²) in [6, 6.07) is 31.7. The van der Waals surface area contributed by atoms with Crippen molar-refractivity contribution in [2.45, 2.75) is 39.9 Å². The first-order valence-electron chi connectivity index (χ1n) is 13.2. The number of hydrogen-bond acceptors (Lipinski definition) is 2. The van der Waals surface area contributed by atoms with E-state index in [2.05, 4.69) is 118 Å². The van der Waals surface area contributed by atoms with E-state index in [9.17, 15) is 0 Å². The molecule has 0 amide bonds. The number of aromatic nitrogens is 1. The normalized spacial score (nSPS) is 12.3. The first-order valence-corrected chi connectivity index (χ1v) is 17.5. The molecular weight excluding hydrogens is 483 g/mol. The predicted molar refractivity (Wildman–Crippen MR) is 167 cm³/mol. The van der Waals surface area contributed by atoms with Gasteiger partial charge in [-0.3, -0.25) is 4.98 Å². The fraction of sp³-hybridized carbons (Fsp3) is 0.206. The first-order chi connectivity index (χ1) is 17.8. The second kappa shape index (κ2) is 9.23. The third-order valence-corrected chi connectivity index (χ3v) is 10.7. The maximum Gasteiger partial charge on any atom is 0.0880 e. The van der Waals surface area contributed by atoms with Crippen LogP contribution in [0.3, 0.4) is 0 Å². The second-order valence-electron chi connectivity index (χ2n) is 11.6. The molecule has 1 nitrogen and oxygen atoms in total. The fourth-order valence-corrected chi connectivity index (χ4v) is 7.92. The van der Waals surface area contributed by atoms with E-state index in [4.69, 9.17) is 4.98 Å². The van der Waals surface area contributed by atoms with Crippen molar-refractivity contribution < 1.29 is 0 Å². The smallest absolute Gasteiger partial charge is 0.0880 e. The van der Waals surface area contributed by atoms with Crippen molar-refractivity contribution in [2.24, 2.45) is 5.92 Å². The van der Waals surface area contributed by atoms with E-state index in [1.807, 2.05) is 17.5 Å². The van der Waals surface area contributed by atoms with Gasteiger partial charge in [0, 0.05) is 27.2 Å². The van der Waals surface area contributed by atoms with E-state index in [-0.39, 0.29) is 0 Å². The molecular formula is C34H33NSSi. The summed E-state index contributed by atoms with van der Waals surface area (Å²) in [5.74, 6) is 0.629. The Bertz CT molecular complexity index is 1750. The third kappa shape index (κ3) is 4.41. The van der Waals surface area contributed by atoms with E-state index in [1.165, 1.54) is 58.4 Å². The van der Waals surface area contributed by atoms with E-state index in [1.54, 1.807) is 0 Å². The third-order valence-electron chi connectivity index (χ3n) is 7.32. The minimum absolute atomic E-state index is 0.629. The number of hydrogen-bond donors (Lipinski definition) is 0. The molecule has 0 aliphatic carbocycles. The molecule has 0 aliphatic heterocycles. The lowest BCUT2D eigenvalue weighted by molar-refractivity contribution is 0.650. The highest BCUT2D eigenvalue weighted by Gasteiger charge is 2.18. The molecule has 0 unspecified atom stereocenters. The number of thiophene rings is 1. The standard InChI is InChI=1S/C34H33NSSi/c1-22(2)19-25-10-8-12-29-30-17-18-35-32(34(30)36-33(25)29)26-20-24-9-6-7-11-28(24)31(21-26)23-13-15-27(16-14-23)37(3,4)5/h6-18,20-22H,19H2,1-5H3. The number of rotatable bonds is 5. The van der Waals surface area contributed by atoms with Crippen LogP contribution >= 0.6 is 11.3 Å². The molecule has 4 aromatic carbocycles. The number of nitrogens with zero attached hydrogens (tertiary/aromatic N) is 1. The van der Waals surface area contributed by atoms with Gasteiger partial charge in [0.1, 0.15) is 0 Å². The zero-order valence-corrected chi connectivity index (χ0v) is 24.1. The van der Waals surface area contributed by atoms with Gasteiger partial charge < -0.3 is 0 Å². The Hall–Kier alpha value is -3.27. The topological polar surface area (TPSA) is 12.9 Å². The van der Waals surface area contributed by atoms with Gasteiger partial charge in [0.15, 0.2) is 0 Å². The molecule has 184 valence electrons. The van der Waals surface area contributed by atoms with Crippen molar-refractivity contribution in [1.29, 1.82) is 0 Å². The molecule has 0 saturated carbocycles. The Morgan fingerprint density at radius 2 is 1.46 bits per heavy atom. The van der Waals surface area contributed by atoms with Gasteiger partial charge in [-0.1, -0.05) is 105 Å². The maximum absolute atomic E-state index is 4.97. The van der Waals surface area contributed by atoms with Crippen LogP contribution in [0.1, 0.15) is 19.4 Å². The van der Waals surface area contributed by atoms with Gasteiger partial charge >= 0.3 is 0 Å². The first kappa shape index (κ1) is 24.1. The lowest BCUT2D eigenvalue weighted by Crippen LogP contribution is -2.37. The summed E-state index contributed by atoms with van der Waals surface area (Å²) in [6.07, 6.45) is 3.08. The van der Waals surface area contributed by atoms with Gasteiger partial charge in [-0.25, -0.2) is 0 Å². The largest absolute Gasteiger partial charge is 0.255 e. The van der Waals surface area contributed by atoms with Gasteiger partial charge in [0.2, 0.25) is 0 Å². The summed E-state index contributed by atoms with van der Waals surface area (Å²) >= 11 is 1.91. The fourth-order valence-electron chi connectivity index (χ4n) is 5.43. The van der Waals surface area contributed by atoms with Gasteiger partial charge in [0.05, 0.1) is 18.5 Å². The van der Waals surface area contributed by atoms with Crippen LogP contribution in [0, 0.1) is 5.92 Å². The lowest BCUT2D eigenvalue weighted by Gasteiger charge is -2.17. The number of pyridine rings is 1. The summed E-state index contributed by atoms with van der Waals surface area (Å²) in [4.78, 5) is 4.97. The Kier molecular flexibility index (Phi) is 6.01. The van der Waals surface area contributed by atoms with Crippen molar-refractivity contribution in [1.82, 2.24) is 4.98 Å². The maximum atomic E-state index is 4.97. The van der Waals surface area contributed by atoms with Crippen molar-refractivity contribution >= 4 is 55.5 Å². The van der Waals surface area contributed by atoms with Crippen LogP contribution in [0.25, 0.3) is 53.3 Å². The number of benzene rings is 4. The summed E-state index contributed by atoms with van der Waals surface area (Å²) < 4.78 is 2.69. The molecule has 0 N–H and O–H groups in total. The van der Waals surface area contributed by atoms with E-state index in [0.29, 0.717) is 5.92 Å². The van der Waals surface area contributed by atoms with Gasteiger partial charge in [-0.2, -0.15) is 0 Å². The van der Waals surface area contributed by atoms with Crippen LogP contribution in [0.4, 0.5) is 0 Å². The average molecular weight is 516 g/mol. The highest BCUT2D eigenvalue weighted by Crippen LogP contribution is 2.42. The SMILES string of the molecule is CC(C)Cc1cccc2c1sc1c(-c3cc(-c4ccc([Si](C)(C)C)cc4)c4ccccc4c3)nccc12. The molecule has 6 rings (SSSR count). The van der Waals surface area contributed by atoms with Crippen LogP contribution < -0.4 is 5.19 Å². The van der Waals surface area contributed by atoms with E-state index >= 15 is 0 Å². The van der Waals surface area contributed by atoms with Crippen molar-refractivity contribution in [2.75, 3.05) is 0 Å². The molecule has 3 heteroatoms. The minimum Gasteiger partial charge on any atom is -0.255 e. The van der Waals surface area contributed by atoms with Crippen LogP contribution in [-0.2, 0) is 6.42 Å². The van der Waals surface area contributed by atoms with Gasteiger partial charge in [-0.15, -0.1) is 11.3 Å². The number of fused-ring (bicyclic) bond motifs is 4. The quantitative estimate of drug-likeness (QED) is 0.208. The van der Waals surface area contributed by atoms with Crippen LogP contribution in [0.15, 0.2) is 91.1 Å². The van der Waals surface area contributed by atoms with Gasteiger partial charge in [-0.05, 0) is 58.0 Å². The van der Waals surface area contributed by atoms with Crippen molar-refractivity contribution in [3.63, 3.8) is 0 Å². The molecule has 37 heavy (non-hydrogen) atoms. The Morgan fingerprint density at radius 1 is 0.730 bits per heavy atom.